The molecule has 3 N–H and O–H groups in total. The highest BCUT2D eigenvalue weighted by Gasteiger charge is 2.22. The van der Waals surface area contributed by atoms with E-state index in [-0.39, 0.29) is 0 Å². The Morgan fingerprint density at radius 1 is 1.31 bits per heavy atom. The van der Waals surface area contributed by atoms with Crippen molar-refractivity contribution < 1.29 is 8.42 Å². The van der Waals surface area contributed by atoms with Gasteiger partial charge in [-0.25, -0.2) is 4.72 Å². The zero-order valence-corrected chi connectivity index (χ0v) is 10.9. The molecule has 0 aliphatic carbocycles. The largest absolute Gasteiger partial charge is 0.393 e. The molecule has 0 atom stereocenters. The van der Waals surface area contributed by atoms with Gasteiger partial charge in [0.15, 0.2) is 0 Å². The van der Waals surface area contributed by atoms with Gasteiger partial charge in [-0.05, 0) is 25.7 Å². The second-order valence-electron chi connectivity index (χ2n) is 3.93. The van der Waals surface area contributed by atoms with Crippen LogP contribution >= 0.6 is 12.2 Å². The average Bonchev–Trinajstić information content (AvgIpc) is 2.26. The summed E-state index contributed by atoms with van der Waals surface area (Å²) in [5.74, 6) is 0. The van der Waals surface area contributed by atoms with Gasteiger partial charge in [0, 0.05) is 19.6 Å². The fourth-order valence-corrected chi connectivity index (χ4v) is 3.13. The van der Waals surface area contributed by atoms with Gasteiger partial charge in [-0.15, -0.1) is 0 Å². The molecule has 1 aliphatic rings. The minimum atomic E-state index is -3.28. The summed E-state index contributed by atoms with van der Waals surface area (Å²) in [6, 6.07) is 0. The highest BCUT2D eigenvalue weighted by Crippen LogP contribution is 2.11. The summed E-state index contributed by atoms with van der Waals surface area (Å²) >= 11 is 4.72. The summed E-state index contributed by atoms with van der Waals surface area (Å²) in [6.07, 6.45) is 4.26. The Bertz CT molecular complexity index is 324. The van der Waals surface area contributed by atoms with E-state index in [4.69, 9.17) is 18.0 Å². The molecule has 5 nitrogen and oxygen atoms in total. The van der Waals surface area contributed by atoms with Crippen LogP contribution in [-0.4, -0.2) is 37.3 Å². The molecule has 7 heteroatoms. The van der Waals surface area contributed by atoms with Gasteiger partial charge in [-0.3, -0.25) is 0 Å². The van der Waals surface area contributed by atoms with Crippen LogP contribution in [0.1, 0.15) is 32.1 Å². The maximum Gasteiger partial charge on any atom is 0.279 e. The lowest BCUT2D eigenvalue weighted by molar-refractivity contribution is 0.341. The smallest absolute Gasteiger partial charge is 0.279 e. The molecule has 16 heavy (non-hydrogen) atoms. The normalized spacial score (nSPS) is 18.5. The molecule has 0 saturated carbocycles. The van der Waals surface area contributed by atoms with Crippen LogP contribution in [0.5, 0.6) is 0 Å². The van der Waals surface area contributed by atoms with Crippen LogP contribution in [0.4, 0.5) is 0 Å². The summed E-state index contributed by atoms with van der Waals surface area (Å²) in [6.45, 7) is 1.66. The van der Waals surface area contributed by atoms with Crippen LogP contribution in [0.25, 0.3) is 0 Å². The summed E-state index contributed by atoms with van der Waals surface area (Å²) < 4.78 is 27.6. The summed E-state index contributed by atoms with van der Waals surface area (Å²) in [5, 5.41) is 0. The topological polar surface area (TPSA) is 75.4 Å². The van der Waals surface area contributed by atoms with Gasteiger partial charge < -0.3 is 5.73 Å². The van der Waals surface area contributed by atoms with Gasteiger partial charge in [-0.2, -0.15) is 12.7 Å². The van der Waals surface area contributed by atoms with Crippen LogP contribution in [0.3, 0.4) is 0 Å². The zero-order valence-electron chi connectivity index (χ0n) is 9.31. The number of hydrogen-bond donors (Lipinski definition) is 2. The number of hydrogen-bond acceptors (Lipinski definition) is 3. The number of nitrogens with zero attached hydrogens (tertiary/aromatic N) is 1. The van der Waals surface area contributed by atoms with E-state index < -0.39 is 10.2 Å². The summed E-state index contributed by atoms with van der Waals surface area (Å²) in [4.78, 5) is 0.428. The highest BCUT2D eigenvalue weighted by atomic mass is 32.2. The van der Waals surface area contributed by atoms with Crippen LogP contribution in [0.2, 0.25) is 0 Å². The van der Waals surface area contributed by atoms with Gasteiger partial charge >= 0.3 is 0 Å². The Morgan fingerprint density at radius 2 is 1.94 bits per heavy atom. The maximum absolute atomic E-state index is 11.8. The van der Waals surface area contributed by atoms with Crippen LogP contribution < -0.4 is 10.5 Å². The van der Waals surface area contributed by atoms with E-state index in [0.717, 1.165) is 19.3 Å². The van der Waals surface area contributed by atoms with Crippen molar-refractivity contribution in [2.24, 2.45) is 5.73 Å². The van der Waals surface area contributed by atoms with E-state index in [1.165, 1.54) is 4.31 Å². The molecule has 0 unspecified atom stereocenters. The molecule has 0 bridgehead atoms. The Hall–Kier alpha value is -0.240. The second kappa shape index (κ2) is 6.48. The molecule has 0 aromatic rings. The molecule has 0 amide bonds. The molecule has 1 rings (SSSR count). The third-order valence-corrected chi connectivity index (χ3v) is 4.36. The van der Waals surface area contributed by atoms with Crippen molar-refractivity contribution in [2.75, 3.05) is 19.6 Å². The predicted molar refractivity (Wildman–Crippen MR) is 68.4 cm³/mol. The van der Waals surface area contributed by atoms with E-state index >= 15 is 0 Å². The molecule has 1 aliphatic heterocycles. The highest BCUT2D eigenvalue weighted by molar-refractivity contribution is 7.87. The minimum absolute atomic E-state index is 0.399. The van der Waals surface area contributed by atoms with Crippen LogP contribution in [-0.2, 0) is 10.2 Å². The molecule has 0 aromatic carbocycles. The number of piperidine rings is 1. The second-order valence-corrected chi connectivity index (χ2v) is 6.21. The zero-order chi connectivity index (χ0) is 12.0. The quantitative estimate of drug-likeness (QED) is 0.537. The molecule has 0 aromatic heterocycles. The van der Waals surface area contributed by atoms with Gasteiger partial charge in [0.1, 0.15) is 0 Å². The Labute approximate surface area is 103 Å². The van der Waals surface area contributed by atoms with Crippen molar-refractivity contribution in [2.45, 2.75) is 32.1 Å². The Balaban J connectivity index is 2.30. The Morgan fingerprint density at radius 3 is 2.50 bits per heavy atom. The predicted octanol–water partition coefficient (Wildman–Crippen LogP) is 0.373. The fraction of sp³-hybridized carbons (Fsp3) is 0.889. The first-order valence-electron chi connectivity index (χ1n) is 5.55. The van der Waals surface area contributed by atoms with E-state index in [9.17, 15) is 8.42 Å². The fourth-order valence-electron chi connectivity index (χ4n) is 1.66. The standard InChI is InChI=1S/C9H19N3O2S2/c10-9(15)5-4-6-11-16(13,14)12-7-2-1-3-8-12/h11H,1-8H2,(H2,10,15). The van der Waals surface area contributed by atoms with Crippen molar-refractivity contribution in [1.82, 2.24) is 9.03 Å². The average molecular weight is 265 g/mol. The molecule has 1 saturated heterocycles. The SMILES string of the molecule is NC(=S)CCCNS(=O)(=O)N1CCCCC1. The monoisotopic (exact) mass is 265 g/mol. The number of nitrogens with one attached hydrogen (secondary N) is 1. The molecular formula is C9H19N3O2S2. The van der Waals surface area contributed by atoms with Crippen molar-refractivity contribution in [1.29, 1.82) is 0 Å². The van der Waals surface area contributed by atoms with Gasteiger partial charge in [-0.1, -0.05) is 18.6 Å². The van der Waals surface area contributed by atoms with Crippen molar-refractivity contribution >= 4 is 27.4 Å². The van der Waals surface area contributed by atoms with Crippen LogP contribution in [0, 0.1) is 0 Å². The third kappa shape index (κ3) is 4.73. The lowest BCUT2D eigenvalue weighted by atomic mass is 10.2. The van der Waals surface area contributed by atoms with E-state index in [1.807, 2.05) is 0 Å². The lowest BCUT2D eigenvalue weighted by Crippen LogP contribution is -2.43. The van der Waals surface area contributed by atoms with Crippen LogP contribution in [0.15, 0.2) is 0 Å². The molecule has 0 spiro atoms. The van der Waals surface area contributed by atoms with Crippen molar-refractivity contribution in [3.63, 3.8) is 0 Å². The molecule has 1 fully saturated rings. The number of thiocarbonyl (C=S) groups is 1. The first kappa shape index (κ1) is 13.8. The summed E-state index contributed by atoms with van der Waals surface area (Å²) in [7, 11) is -3.28. The lowest BCUT2D eigenvalue weighted by Gasteiger charge is -2.25. The first-order valence-corrected chi connectivity index (χ1v) is 7.40. The third-order valence-electron chi connectivity index (χ3n) is 2.54. The minimum Gasteiger partial charge on any atom is -0.393 e. The maximum atomic E-state index is 11.8. The number of rotatable bonds is 6. The summed E-state index contributed by atoms with van der Waals surface area (Å²) in [5.41, 5.74) is 5.33. The Kier molecular flexibility index (Phi) is 5.60. The number of nitrogens with two attached hydrogens (primary N) is 1. The van der Waals surface area contributed by atoms with Crippen molar-refractivity contribution in [3.05, 3.63) is 0 Å². The van der Waals surface area contributed by atoms with Crippen molar-refractivity contribution in [3.8, 4) is 0 Å². The molecule has 1 heterocycles. The van der Waals surface area contributed by atoms with E-state index in [2.05, 4.69) is 4.72 Å². The van der Waals surface area contributed by atoms with Gasteiger partial charge in [0.2, 0.25) is 0 Å². The van der Waals surface area contributed by atoms with Gasteiger partial charge in [0.25, 0.3) is 10.2 Å². The van der Waals surface area contributed by atoms with E-state index in [0.29, 0.717) is 37.5 Å². The molecule has 0 radical (unpaired) electrons. The van der Waals surface area contributed by atoms with Gasteiger partial charge in [0.05, 0.1) is 4.99 Å². The molecular weight excluding hydrogens is 246 g/mol. The first-order chi connectivity index (χ1) is 7.52. The molecule has 94 valence electrons. The van der Waals surface area contributed by atoms with E-state index in [1.54, 1.807) is 0 Å².